The van der Waals surface area contributed by atoms with Gasteiger partial charge in [0.2, 0.25) is 0 Å². The minimum Gasteiger partial charge on any atom is -0.330 e. The van der Waals surface area contributed by atoms with E-state index in [-0.39, 0.29) is 0 Å². The van der Waals surface area contributed by atoms with E-state index in [1.54, 1.807) is 0 Å². The Labute approximate surface area is 94.4 Å². The lowest BCUT2D eigenvalue weighted by Gasteiger charge is -2.34. The third kappa shape index (κ3) is 4.96. The number of hydrogen-bond donors (Lipinski definition) is 2. The van der Waals surface area contributed by atoms with Crippen LogP contribution in [0.4, 0.5) is 0 Å². The van der Waals surface area contributed by atoms with E-state index in [9.17, 15) is 0 Å². The first-order valence-electron chi connectivity index (χ1n) is 6.36. The van der Waals surface area contributed by atoms with Crippen LogP contribution in [0.3, 0.4) is 0 Å². The summed E-state index contributed by atoms with van der Waals surface area (Å²) < 4.78 is 0. The fourth-order valence-corrected chi connectivity index (χ4v) is 2.38. The van der Waals surface area contributed by atoms with Crippen molar-refractivity contribution in [2.75, 3.05) is 33.2 Å². The summed E-state index contributed by atoms with van der Waals surface area (Å²) in [5.41, 5.74) is 5.47. The van der Waals surface area contributed by atoms with Crippen LogP contribution in [0, 0.1) is 5.92 Å². The molecule has 0 aliphatic carbocycles. The van der Waals surface area contributed by atoms with Gasteiger partial charge < -0.3 is 16.0 Å². The fourth-order valence-electron chi connectivity index (χ4n) is 2.38. The zero-order valence-electron chi connectivity index (χ0n) is 10.3. The van der Waals surface area contributed by atoms with Crippen molar-refractivity contribution in [3.8, 4) is 0 Å². The maximum Gasteiger partial charge on any atom is 0.00792 e. The summed E-state index contributed by atoms with van der Waals surface area (Å²) in [7, 11) is 2.23. The normalized spacial score (nSPS) is 25.4. The summed E-state index contributed by atoms with van der Waals surface area (Å²) >= 11 is 0. The minimum atomic E-state index is 0.658. The molecule has 1 saturated heterocycles. The van der Waals surface area contributed by atoms with E-state index in [1.807, 2.05) is 0 Å². The van der Waals surface area contributed by atoms with Crippen molar-refractivity contribution in [3.63, 3.8) is 0 Å². The summed E-state index contributed by atoms with van der Waals surface area (Å²) in [6.07, 6.45) is 5.10. The van der Waals surface area contributed by atoms with Crippen molar-refractivity contribution in [1.82, 2.24) is 10.2 Å². The van der Waals surface area contributed by atoms with Gasteiger partial charge in [0.25, 0.3) is 0 Å². The monoisotopic (exact) mass is 213 g/mol. The van der Waals surface area contributed by atoms with Crippen LogP contribution in [0.15, 0.2) is 0 Å². The van der Waals surface area contributed by atoms with Gasteiger partial charge >= 0.3 is 0 Å². The van der Waals surface area contributed by atoms with Crippen LogP contribution in [-0.2, 0) is 0 Å². The topological polar surface area (TPSA) is 41.3 Å². The van der Waals surface area contributed by atoms with Crippen molar-refractivity contribution in [2.45, 2.75) is 38.6 Å². The SMILES string of the molecule is CC(NCCCCN)C1CCCN(C)C1. The van der Waals surface area contributed by atoms with Crippen LogP contribution >= 0.6 is 0 Å². The highest BCUT2D eigenvalue weighted by atomic mass is 15.1. The van der Waals surface area contributed by atoms with Crippen LogP contribution in [0.25, 0.3) is 0 Å². The molecule has 0 saturated carbocycles. The first-order valence-corrected chi connectivity index (χ1v) is 6.36. The number of unbranched alkanes of at least 4 members (excludes halogenated alkanes) is 1. The Kier molecular flexibility index (Phi) is 6.22. The lowest BCUT2D eigenvalue weighted by atomic mass is 9.92. The standard InChI is InChI=1S/C12H27N3/c1-11(14-8-4-3-7-13)12-6-5-9-15(2)10-12/h11-12,14H,3-10,13H2,1-2H3. The van der Waals surface area contributed by atoms with Crippen LogP contribution in [0.5, 0.6) is 0 Å². The third-order valence-corrected chi connectivity index (χ3v) is 3.47. The van der Waals surface area contributed by atoms with E-state index in [0.717, 1.165) is 25.4 Å². The summed E-state index contributed by atoms with van der Waals surface area (Å²) in [6.45, 7) is 6.80. The zero-order chi connectivity index (χ0) is 11.1. The van der Waals surface area contributed by atoms with Crippen molar-refractivity contribution in [1.29, 1.82) is 0 Å². The molecule has 0 amide bonds. The molecule has 2 atom stereocenters. The molecule has 2 unspecified atom stereocenters. The zero-order valence-corrected chi connectivity index (χ0v) is 10.3. The second-order valence-electron chi connectivity index (χ2n) is 4.90. The molecular formula is C12H27N3. The fraction of sp³-hybridized carbons (Fsp3) is 1.00. The van der Waals surface area contributed by atoms with Crippen molar-refractivity contribution >= 4 is 0 Å². The molecule has 0 aromatic rings. The smallest absolute Gasteiger partial charge is 0.00792 e. The largest absolute Gasteiger partial charge is 0.330 e. The predicted octanol–water partition coefficient (Wildman–Crippen LogP) is 1.05. The van der Waals surface area contributed by atoms with Gasteiger partial charge in [-0.05, 0) is 65.2 Å². The minimum absolute atomic E-state index is 0.658. The van der Waals surface area contributed by atoms with E-state index >= 15 is 0 Å². The van der Waals surface area contributed by atoms with Gasteiger partial charge in [0, 0.05) is 12.6 Å². The lowest BCUT2D eigenvalue weighted by Crippen LogP contribution is -2.43. The van der Waals surface area contributed by atoms with E-state index in [1.165, 1.54) is 32.4 Å². The van der Waals surface area contributed by atoms with Gasteiger partial charge in [-0.1, -0.05) is 0 Å². The number of nitrogens with one attached hydrogen (secondary N) is 1. The summed E-state index contributed by atoms with van der Waals surface area (Å²) in [4.78, 5) is 2.45. The maximum atomic E-state index is 5.47. The molecule has 0 aromatic heterocycles. The molecule has 3 N–H and O–H groups in total. The molecule has 1 heterocycles. The van der Waals surface area contributed by atoms with Gasteiger partial charge in [0.15, 0.2) is 0 Å². The number of rotatable bonds is 6. The summed E-state index contributed by atoms with van der Waals surface area (Å²) in [6, 6.07) is 0.658. The molecular weight excluding hydrogens is 186 g/mol. The molecule has 15 heavy (non-hydrogen) atoms. The van der Waals surface area contributed by atoms with Crippen LogP contribution in [0.2, 0.25) is 0 Å². The molecule has 3 heteroatoms. The van der Waals surface area contributed by atoms with Gasteiger partial charge in [-0.15, -0.1) is 0 Å². The van der Waals surface area contributed by atoms with Crippen molar-refractivity contribution < 1.29 is 0 Å². The molecule has 1 fully saturated rings. The van der Waals surface area contributed by atoms with Crippen molar-refractivity contribution in [2.24, 2.45) is 11.7 Å². The number of piperidine rings is 1. The average Bonchev–Trinajstić information content (AvgIpc) is 2.24. The van der Waals surface area contributed by atoms with Gasteiger partial charge in [-0.2, -0.15) is 0 Å². The summed E-state index contributed by atoms with van der Waals surface area (Å²) in [5.74, 6) is 0.835. The summed E-state index contributed by atoms with van der Waals surface area (Å²) in [5, 5.41) is 3.63. The van der Waals surface area contributed by atoms with E-state index < -0.39 is 0 Å². The molecule has 0 aromatic carbocycles. The lowest BCUT2D eigenvalue weighted by molar-refractivity contribution is 0.179. The average molecular weight is 213 g/mol. The molecule has 1 aliphatic rings. The number of nitrogens with zero attached hydrogens (tertiary/aromatic N) is 1. The number of hydrogen-bond acceptors (Lipinski definition) is 3. The van der Waals surface area contributed by atoms with Gasteiger partial charge in [0.05, 0.1) is 0 Å². The Balaban J connectivity index is 2.12. The molecule has 0 radical (unpaired) electrons. The highest BCUT2D eigenvalue weighted by Crippen LogP contribution is 2.18. The van der Waals surface area contributed by atoms with Crippen LogP contribution in [0.1, 0.15) is 32.6 Å². The highest BCUT2D eigenvalue weighted by molar-refractivity contribution is 4.78. The van der Waals surface area contributed by atoms with Crippen LogP contribution in [-0.4, -0.2) is 44.2 Å². The second kappa shape index (κ2) is 7.20. The Morgan fingerprint density at radius 3 is 2.93 bits per heavy atom. The molecule has 1 aliphatic heterocycles. The maximum absolute atomic E-state index is 5.47. The number of nitrogens with two attached hydrogens (primary N) is 1. The van der Waals surface area contributed by atoms with E-state index in [0.29, 0.717) is 6.04 Å². The van der Waals surface area contributed by atoms with Gasteiger partial charge in [-0.25, -0.2) is 0 Å². The molecule has 0 bridgehead atoms. The molecule has 0 spiro atoms. The first-order chi connectivity index (χ1) is 7.24. The first kappa shape index (κ1) is 12.9. The second-order valence-corrected chi connectivity index (χ2v) is 4.90. The Morgan fingerprint density at radius 2 is 2.27 bits per heavy atom. The van der Waals surface area contributed by atoms with E-state index in [4.69, 9.17) is 5.73 Å². The van der Waals surface area contributed by atoms with Gasteiger partial charge in [-0.3, -0.25) is 0 Å². The molecule has 90 valence electrons. The third-order valence-electron chi connectivity index (χ3n) is 3.47. The molecule has 3 nitrogen and oxygen atoms in total. The van der Waals surface area contributed by atoms with Crippen LogP contribution < -0.4 is 11.1 Å². The predicted molar refractivity (Wildman–Crippen MR) is 66.0 cm³/mol. The van der Waals surface area contributed by atoms with E-state index in [2.05, 4.69) is 24.2 Å². The highest BCUT2D eigenvalue weighted by Gasteiger charge is 2.21. The number of likely N-dealkylation sites (tertiary alicyclic amines) is 1. The van der Waals surface area contributed by atoms with Crippen molar-refractivity contribution in [3.05, 3.63) is 0 Å². The van der Waals surface area contributed by atoms with Gasteiger partial charge in [0.1, 0.15) is 0 Å². The Hall–Kier alpha value is -0.120. The molecule has 1 rings (SSSR count). The quantitative estimate of drug-likeness (QED) is 0.648. The Bertz CT molecular complexity index is 161. The Morgan fingerprint density at radius 1 is 1.47 bits per heavy atom.